The van der Waals surface area contributed by atoms with Crippen molar-refractivity contribution in [3.8, 4) is 11.5 Å². The van der Waals surface area contributed by atoms with E-state index in [-0.39, 0.29) is 16.9 Å². The van der Waals surface area contributed by atoms with Gasteiger partial charge < -0.3 is 25.4 Å². The molecule has 4 rings (SSSR count). The van der Waals surface area contributed by atoms with Gasteiger partial charge in [-0.2, -0.15) is 0 Å². The van der Waals surface area contributed by atoms with Crippen LogP contribution in [0, 0.1) is 6.92 Å². The van der Waals surface area contributed by atoms with Gasteiger partial charge in [-0.05, 0) is 92.1 Å². The molecule has 9 heteroatoms. The zero-order chi connectivity index (χ0) is 32.3. The van der Waals surface area contributed by atoms with Gasteiger partial charge in [0.25, 0.3) is 11.8 Å². The van der Waals surface area contributed by atoms with Crippen LogP contribution < -0.4 is 25.4 Å². The van der Waals surface area contributed by atoms with Crippen molar-refractivity contribution < 1.29 is 23.9 Å². The highest BCUT2D eigenvalue weighted by atomic mass is 32.2. The van der Waals surface area contributed by atoms with E-state index in [1.54, 1.807) is 67.8 Å². The molecule has 3 N–H and O–H groups in total. The van der Waals surface area contributed by atoms with E-state index in [1.807, 2.05) is 50.2 Å². The highest BCUT2D eigenvalue weighted by Crippen LogP contribution is 2.29. The summed E-state index contributed by atoms with van der Waals surface area (Å²) in [5, 5.41) is 8.33. The number of benzene rings is 4. The molecule has 0 radical (unpaired) electrons. The van der Waals surface area contributed by atoms with Crippen LogP contribution >= 0.6 is 11.8 Å². The molecule has 0 aromatic heterocycles. The first-order valence-electron chi connectivity index (χ1n) is 14.5. The Labute approximate surface area is 268 Å². The number of anilines is 2. The van der Waals surface area contributed by atoms with Crippen LogP contribution in [0.3, 0.4) is 0 Å². The third-order valence-electron chi connectivity index (χ3n) is 7.05. The van der Waals surface area contributed by atoms with Crippen molar-refractivity contribution in [1.29, 1.82) is 0 Å². The van der Waals surface area contributed by atoms with Gasteiger partial charge in [0.15, 0.2) is 0 Å². The van der Waals surface area contributed by atoms with Gasteiger partial charge in [-0.25, -0.2) is 0 Å². The lowest BCUT2D eigenvalue weighted by atomic mass is 10.1. The maximum atomic E-state index is 13.5. The van der Waals surface area contributed by atoms with E-state index >= 15 is 0 Å². The van der Waals surface area contributed by atoms with Gasteiger partial charge in [0, 0.05) is 27.4 Å². The van der Waals surface area contributed by atoms with Gasteiger partial charge in [-0.15, -0.1) is 11.8 Å². The van der Waals surface area contributed by atoms with Gasteiger partial charge >= 0.3 is 0 Å². The molecule has 0 aliphatic carbocycles. The van der Waals surface area contributed by atoms with Gasteiger partial charge in [0.05, 0.1) is 19.5 Å². The van der Waals surface area contributed by atoms with Gasteiger partial charge in [-0.3, -0.25) is 14.4 Å². The van der Waals surface area contributed by atoms with E-state index in [1.165, 1.54) is 18.9 Å². The van der Waals surface area contributed by atoms with Crippen LogP contribution in [0.1, 0.15) is 40.9 Å². The third kappa shape index (κ3) is 8.77. The maximum absolute atomic E-state index is 13.5. The third-order valence-corrected chi connectivity index (χ3v) is 8.16. The van der Waals surface area contributed by atoms with Crippen LogP contribution in [-0.4, -0.2) is 37.2 Å². The molecule has 0 bridgehead atoms. The average Bonchev–Trinajstić information content (AvgIpc) is 3.06. The molecule has 0 aliphatic heterocycles. The summed E-state index contributed by atoms with van der Waals surface area (Å²) in [6.07, 6.45) is 2.37. The van der Waals surface area contributed by atoms with Crippen molar-refractivity contribution in [3.63, 3.8) is 0 Å². The fraction of sp³-hybridized carbons (Fsp3) is 0.194. The van der Waals surface area contributed by atoms with Crippen molar-refractivity contribution >= 4 is 46.9 Å². The largest absolute Gasteiger partial charge is 0.497 e. The second kappa shape index (κ2) is 15.6. The molecular formula is C36H37N3O5S. The summed E-state index contributed by atoms with van der Waals surface area (Å²) in [6, 6.07) is 27.0. The number of aryl methyl sites for hydroxylation is 2. The highest BCUT2D eigenvalue weighted by molar-refractivity contribution is 8.00. The predicted molar refractivity (Wildman–Crippen MR) is 181 cm³/mol. The maximum Gasteiger partial charge on any atom is 0.272 e. The summed E-state index contributed by atoms with van der Waals surface area (Å²) >= 11 is 1.42. The van der Waals surface area contributed by atoms with E-state index in [2.05, 4.69) is 22.9 Å². The van der Waals surface area contributed by atoms with Gasteiger partial charge in [0.1, 0.15) is 17.2 Å². The standard InChI is InChI=1S/C36H37N3O5S/c1-6-25-14-10-11-23(2)33(25)39-34(40)24(3)45-30-18-15-28(16-19-30)37-36(42)31(38-35(41)26-12-8-7-9-13-26)22-27-21-29(43-4)17-20-32(27)44-5/h7-22,24H,6H2,1-5H3,(H,37,42)(H,38,41)(H,39,40)/b31-22-. The highest BCUT2D eigenvalue weighted by Gasteiger charge is 2.19. The molecule has 0 fully saturated rings. The summed E-state index contributed by atoms with van der Waals surface area (Å²) in [7, 11) is 3.07. The Kier molecular flexibility index (Phi) is 11.4. The van der Waals surface area contributed by atoms with Crippen molar-refractivity contribution in [2.24, 2.45) is 0 Å². The number of methoxy groups -OCH3 is 2. The molecule has 232 valence electrons. The van der Waals surface area contributed by atoms with Crippen molar-refractivity contribution in [2.75, 3.05) is 24.9 Å². The molecule has 0 aliphatic rings. The lowest BCUT2D eigenvalue weighted by molar-refractivity contribution is -0.115. The Balaban J connectivity index is 1.49. The fourth-order valence-electron chi connectivity index (χ4n) is 4.55. The molecule has 1 unspecified atom stereocenters. The van der Waals surface area contributed by atoms with E-state index in [9.17, 15) is 14.4 Å². The second-order valence-electron chi connectivity index (χ2n) is 10.2. The minimum Gasteiger partial charge on any atom is -0.497 e. The summed E-state index contributed by atoms with van der Waals surface area (Å²) in [5.41, 5.74) is 4.48. The van der Waals surface area contributed by atoms with Crippen LogP contribution in [0.5, 0.6) is 11.5 Å². The Bertz CT molecular complexity index is 1690. The van der Waals surface area contributed by atoms with E-state index in [0.717, 1.165) is 28.1 Å². The van der Waals surface area contributed by atoms with Gasteiger partial charge in [-0.1, -0.05) is 43.3 Å². The number of amides is 3. The SMILES string of the molecule is CCc1cccc(C)c1NC(=O)C(C)Sc1ccc(NC(=O)/C(=C/c2cc(OC)ccc2OC)NC(=O)c2ccccc2)cc1. The van der Waals surface area contributed by atoms with Gasteiger partial charge in [0.2, 0.25) is 5.91 Å². The first-order valence-corrected chi connectivity index (χ1v) is 15.4. The number of para-hydroxylation sites is 1. The molecule has 1 atom stereocenters. The number of rotatable bonds is 12. The molecule has 45 heavy (non-hydrogen) atoms. The molecule has 0 saturated carbocycles. The van der Waals surface area contributed by atoms with Crippen LogP contribution in [0.4, 0.5) is 11.4 Å². The second-order valence-corrected chi connectivity index (χ2v) is 11.6. The molecule has 0 heterocycles. The Morgan fingerprint density at radius 2 is 1.60 bits per heavy atom. The smallest absolute Gasteiger partial charge is 0.272 e. The van der Waals surface area contributed by atoms with Crippen molar-refractivity contribution in [1.82, 2.24) is 5.32 Å². The Morgan fingerprint density at radius 3 is 2.27 bits per heavy atom. The number of hydrogen-bond donors (Lipinski definition) is 3. The van der Waals surface area contributed by atoms with Crippen LogP contribution in [0.2, 0.25) is 0 Å². The lowest BCUT2D eigenvalue weighted by Gasteiger charge is -2.16. The van der Waals surface area contributed by atoms with Crippen molar-refractivity contribution in [3.05, 3.63) is 119 Å². The van der Waals surface area contributed by atoms with Crippen LogP contribution in [0.15, 0.2) is 102 Å². The van der Waals surface area contributed by atoms with E-state index in [0.29, 0.717) is 28.3 Å². The number of hydrogen-bond acceptors (Lipinski definition) is 6. The molecule has 8 nitrogen and oxygen atoms in total. The first kappa shape index (κ1) is 32.9. The van der Waals surface area contributed by atoms with E-state index in [4.69, 9.17) is 9.47 Å². The number of ether oxygens (including phenoxy) is 2. The summed E-state index contributed by atoms with van der Waals surface area (Å²) in [4.78, 5) is 40.4. The monoisotopic (exact) mass is 623 g/mol. The van der Waals surface area contributed by atoms with E-state index < -0.39 is 11.8 Å². The summed E-state index contributed by atoms with van der Waals surface area (Å²) in [6.45, 7) is 5.91. The summed E-state index contributed by atoms with van der Waals surface area (Å²) in [5.74, 6) is 0.0232. The Morgan fingerprint density at radius 1 is 0.867 bits per heavy atom. The molecule has 4 aromatic rings. The van der Waals surface area contributed by atoms with Crippen LogP contribution in [0.25, 0.3) is 6.08 Å². The molecule has 0 saturated heterocycles. The number of carbonyl (C=O) groups excluding carboxylic acids is 3. The topological polar surface area (TPSA) is 106 Å². The number of nitrogens with one attached hydrogen (secondary N) is 3. The average molecular weight is 624 g/mol. The van der Waals surface area contributed by atoms with Crippen molar-refractivity contribution in [2.45, 2.75) is 37.3 Å². The Hall–Kier alpha value is -5.02. The first-order chi connectivity index (χ1) is 21.7. The summed E-state index contributed by atoms with van der Waals surface area (Å²) < 4.78 is 10.8. The minimum absolute atomic E-state index is 0.0156. The fourth-order valence-corrected chi connectivity index (χ4v) is 5.42. The normalized spacial score (nSPS) is 11.7. The zero-order valence-corrected chi connectivity index (χ0v) is 26.8. The molecular weight excluding hydrogens is 586 g/mol. The minimum atomic E-state index is -0.526. The molecule has 4 aromatic carbocycles. The predicted octanol–water partition coefficient (Wildman–Crippen LogP) is 7.10. The number of thioether (sulfide) groups is 1. The lowest BCUT2D eigenvalue weighted by Crippen LogP contribution is -2.30. The molecule has 0 spiro atoms. The zero-order valence-electron chi connectivity index (χ0n) is 26.0. The molecule has 3 amide bonds. The quantitative estimate of drug-likeness (QED) is 0.115. The number of carbonyl (C=O) groups is 3. The van der Waals surface area contributed by atoms with Crippen LogP contribution in [-0.2, 0) is 16.0 Å².